The lowest BCUT2D eigenvalue weighted by atomic mass is 9.78. The highest BCUT2D eigenvalue weighted by molar-refractivity contribution is 14.1. The van der Waals surface area contributed by atoms with Gasteiger partial charge in [0.2, 0.25) is 0 Å². The maximum Gasteiger partial charge on any atom is 0.144 e. The van der Waals surface area contributed by atoms with Gasteiger partial charge >= 0.3 is 0 Å². The maximum atomic E-state index is 10.2. The molecular weight excluding hydrogens is 720 g/mol. The van der Waals surface area contributed by atoms with Gasteiger partial charge in [0.25, 0.3) is 0 Å². The van der Waals surface area contributed by atoms with Gasteiger partial charge in [-0.2, -0.15) is 0 Å². The van der Waals surface area contributed by atoms with Crippen LogP contribution in [-0.4, -0.2) is 10.2 Å². The summed E-state index contributed by atoms with van der Waals surface area (Å²) in [7, 11) is 0. The number of aromatic hydroxyl groups is 2. The smallest absolute Gasteiger partial charge is 0.144 e. The highest BCUT2D eigenvalue weighted by Crippen LogP contribution is 2.44. The first-order chi connectivity index (χ1) is 9.67. The molecule has 0 spiro atoms. The Labute approximate surface area is 178 Å². The van der Waals surface area contributed by atoms with Crippen LogP contribution in [0.1, 0.15) is 25.0 Å². The Kier molecular flexibility index (Phi) is 5.95. The van der Waals surface area contributed by atoms with E-state index in [0.29, 0.717) is 5.75 Å². The van der Waals surface area contributed by atoms with Gasteiger partial charge in [-0.15, -0.1) is 0 Å². The third kappa shape index (κ3) is 3.42. The van der Waals surface area contributed by atoms with Gasteiger partial charge in [0.15, 0.2) is 0 Å². The van der Waals surface area contributed by atoms with E-state index in [1.807, 2.05) is 12.1 Å². The third-order valence-electron chi connectivity index (χ3n) is 3.45. The fourth-order valence-corrected chi connectivity index (χ4v) is 6.70. The van der Waals surface area contributed by atoms with Crippen molar-refractivity contribution in [2.75, 3.05) is 0 Å². The molecule has 0 amide bonds. The molecule has 0 heterocycles. The first-order valence-electron chi connectivity index (χ1n) is 6.02. The molecule has 2 nitrogen and oxygen atoms in total. The van der Waals surface area contributed by atoms with Gasteiger partial charge in [0.1, 0.15) is 11.5 Å². The van der Waals surface area contributed by atoms with Crippen LogP contribution in [0.15, 0.2) is 24.3 Å². The van der Waals surface area contributed by atoms with Gasteiger partial charge in [0, 0.05) is 12.6 Å². The molecule has 2 rings (SSSR count). The summed E-state index contributed by atoms with van der Waals surface area (Å²) < 4.78 is 3.93. The van der Waals surface area contributed by atoms with Crippen molar-refractivity contribution in [1.82, 2.24) is 0 Å². The topological polar surface area (TPSA) is 40.5 Å². The number of halogens is 4. The number of rotatable bonds is 2. The highest BCUT2D eigenvalue weighted by Gasteiger charge is 2.31. The van der Waals surface area contributed by atoms with Crippen molar-refractivity contribution in [3.63, 3.8) is 0 Å². The SMILES string of the molecule is CC(C)(c1ccc(O)cc1)c1c(I)c(I)c(O)c(I)c1I. The Morgan fingerprint density at radius 2 is 1.19 bits per heavy atom. The lowest BCUT2D eigenvalue weighted by Crippen LogP contribution is -2.23. The molecule has 0 atom stereocenters. The van der Waals surface area contributed by atoms with E-state index in [1.165, 1.54) is 5.56 Å². The first-order valence-corrected chi connectivity index (χ1v) is 10.3. The minimum atomic E-state index is -0.214. The number of hydrogen-bond donors (Lipinski definition) is 2. The molecule has 0 unspecified atom stereocenters. The predicted molar refractivity (Wildman–Crippen MR) is 119 cm³/mol. The van der Waals surface area contributed by atoms with E-state index < -0.39 is 0 Å². The summed E-state index contributed by atoms with van der Waals surface area (Å²) in [6, 6.07) is 7.34. The molecule has 2 N–H and O–H groups in total. The standard InChI is InChI=1S/C15H12I4O2/c1-15(2,7-3-5-8(20)6-4-7)9-10(16)12(18)14(21)13(19)11(9)17/h3-6,20-21H,1-2H3. The fourth-order valence-electron chi connectivity index (χ4n) is 2.19. The van der Waals surface area contributed by atoms with Crippen molar-refractivity contribution in [1.29, 1.82) is 0 Å². The number of hydrogen-bond acceptors (Lipinski definition) is 2. The van der Waals surface area contributed by atoms with Crippen molar-refractivity contribution in [3.8, 4) is 11.5 Å². The largest absolute Gasteiger partial charge is 0.508 e. The van der Waals surface area contributed by atoms with Crippen LogP contribution in [0.2, 0.25) is 0 Å². The molecule has 0 saturated carbocycles. The van der Waals surface area contributed by atoms with Gasteiger partial charge in [-0.1, -0.05) is 26.0 Å². The minimum absolute atomic E-state index is 0.214. The zero-order chi connectivity index (χ0) is 15.9. The predicted octanol–water partition coefficient (Wildman–Crippen LogP) is 5.84. The van der Waals surface area contributed by atoms with E-state index in [9.17, 15) is 10.2 Å². The molecule has 0 radical (unpaired) electrons. The van der Waals surface area contributed by atoms with Crippen LogP contribution in [0, 0.1) is 14.3 Å². The average molecular weight is 732 g/mol. The summed E-state index contributed by atoms with van der Waals surface area (Å²) in [4.78, 5) is 0. The van der Waals surface area contributed by atoms with Crippen LogP contribution >= 0.6 is 90.4 Å². The molecule has 112 valence electrons. The molecule has 21 heavy (non-hydrogen) atoms. The molecule has 0 aliphatic heterocycles. The molecule has 0 aromatic heterocycles. The van der Waals surface area contributed by atoms with E-state index in [2.05, 4.69) is 104 Å². The molecular formula is C15H12I4O2. The third-order valence-corrected chi connectivity index (χ3v) is 9.78. The Hall–Kier alpha value is 0.960. The Bertz CT molecular complexity index is 665. The molecule has 0 aliphatic rings. The highest BCUT2D eigenvalue weighted by atomic mass is 127. The lowest BCUT2D eigenvalue weighted by molar-refractivity contribution is 0.465. The molecule has 2 aromatic rings. The van der Waals surface area contributed by atoms with Crippen LogP contribution in [-0.2, 0) is 5.41 Å². The second-order valence-electron chi connectivity index (χ2n) is 5.15. The van der Waals surface area contributed by atoms with Crippen molar-refractivity contribution >= 4 is 90.4 Å². The fraction of sp³-hybridized carbons (Fsp3) is 0.200. The quantitative estimate of drug-likeness (QED) is 0.301. The Morgan fingerprint density at radius 3 is 1.62 bits per heavy atom. The molecule has 0 saturated heterocycles. The molecule has 2 aromatic carbocycles. The zero-order valence-corrected chi connectivity index (χ0v) is 19.8. The van der Waals surface area contributed by atoms with Crippen molar-refractivity contribution in [3.05, 3.63) is 49.7 Å². The summed E-state index contributed by atoms with van der Waals surface area (Å²) in [5.41, 5.74) is 2.13. The summed E-state index contributed by atoms with van der Waals surface area (Å²) in [6.07, 6.45) is 0. The molecule has 0 aliphatic carbocycles. The van der Waals surface area contributed by atoms with E-state index in [4.69, 9.17) is 0 Å². The van der Waals surface area contributed by atoms with E-state index >= 15 is 0 Å². The number of benzene rings is 2. The van der Waals surface area contributed by atoms with Crippen molar-refractivity contribution in [2.24, 2.45) is 0 Å². The van der Waals surface area contributed by atoms with Gasteiger partial charge < -0.3 is 10.2 Å². The monoisotopic (exact) mass is 732 g/mol. The second kappa shape index (κ2) is 6.83. The van der Waals surface area contributed by atoms with E-state index in [0.717, 1.165) is 19.8 Å². The average Bonchev–Trinajstić information content (AvgIpc) is 2.43. The van der Waals surface area contributed by atoms with E-state index in [1.54, 1.807) is 12.1 Å². The van der Waals surface area contributed by atoms with E-state index in [-0.39, 0.29) is 11.2 Å². The second-order valence-corrected chi connectivity index (χ2v) is 9.47. The van der Waals surface area contributed by atoms with Gasteiger partial charge in [-0.3, -0.25) is 0 Å². The first kappa shape index (κ1) is 18.3. The summed E-state index contributed by atoms with van der Waals surface area (Å²) in [5, 5.41) is 19.7. The summed E-state index contributed by atoms with van der Waals surface area (Å²) in [5.74, 6) is 0.629. The zero-order valence-electron chi connectivity index (χ0n) is 11.2. The Morgan fingerprint density at radius 1 is 0.762 bits per heavy atom. The normalized spacial score (nSPS) is 11.7. The van der Waals surface area contributed by atoms with Crippen LogP contribution in [0.3, 0.4) is 0 Å². The maximum absolute atomic E-state index is 10.2. The summed E-state index contributed by atoms with van der Waals surface area (Å²) >= 11 is 9.00. The van der Waals surface area contributed by atoms with Crippen LogP contribution < -0.4 is 0 Å². The van der Waals surface area contributed by atoms with Crippen molar-refractivity contribution in [2.45, 2.75) is 19.3 Å². The van der Waals surface area contributed by atoms with Gasteiger partial charge in [-0.25, -0.2) is 0 Å². The number of phenolic OH excluding ortho intramolecular Hbond substituents is 2. The van der Waals surface area contributed by atoms with Gasteiger partial charge in [0.05, 0.1) is 7.14 Å². The summed E-state index contributed by atoms with van der Waals surface area (Å²) in [6.45, 7) is 4.34. The lowest BCUT2D eigenvalue weighted by Gasteiger charge is -2.30. The van der Waals surface area contributed by atoms with Gasteiger partial charge in [-0.05, 0) is 114 Å². The Balaban J connectivity index is 2.73. The molecule has 0 fully saturated rings. The van der Waals surface area contributed by atoms with Crippen LogP contribution in [0.25, 0.3) is 0 Å². The van der Waals surface area contributed by atoms with Crippen molar-refractivity contribution < 1.29 is 10.2 Å². The van der Waals surface area contributed by atoms with Crippen LogP contribution in [0.4, 0.5) is 0 Å². The van der Waals surface area contributed by atoms with Crippen LogP contribution in [0.5, 0.6) is 11.5 Å². The minimum Gasteiger partial charge on any atom is -0.508 e. The molecule has 0 bridgehead atoms. The molecule has 6 heteroatoms. The number of phenols is 2.